The number of carbonyl (C=O) groups excluding carboxylic acids is 1. The summed E-state index contributed by atoms with van der Waals surface area (Å²) in [6.45, 7) is 5.86. The van der Waals surface area contributed by atoms with Gasteiger partial charge in [0.2, 0.25) is 5.91 Å². The Morgan fingerprint density at radius 2 is 1.86 bits per heavy atom. The van der Waals surface area contributed by atoms with E-state index in [1.165, 1.54) is 11.1 Å². The number of hydrogen-bond donors (Lipinski definition) is 1. The lowest BCUT2D eigenvalue weighted by atomic mass is 9.97. The van der Waals surface area contributed by atoms with E-state index in [9.17, 15) is 4.79 Å². The number of amides is 1. The molecule has 2 heterocycles. The van der Waals surface area contributed by atoms with E-state index in [0.29, 0.717) is 6.54 Å². The van der Waals surface area contributed by atoms with E-state index in [1.54, 1.807) is 7.11 Å². The maximum atomic E-state index is 13.0. The number of fused-ring (bicyclic) bond motifs is 1. The Morgan fingerprint density at radius 3 is 2.67 bits per heavy atom. The molecule has 4 aromatic rings. The molecule has 6 heteroatoms. The summed E-state index contributed by atoms with van der Waals surface area (Å²) in [6.07, 6.45) is 1.94. The molecule has 1 fully saturated rings. The molecule has 1 N–H and O–H groups in total. The van der Waals surface area contributed by atoms with Gasteiger partial charge in [0.15, 0.2) is 0 Å². The molecule has 0 aliphatic carbocycles. The molecule has 1 aromatic heterocycles. The highest BCUT2D eigenvalue weighted by atomic mass is 16.5. The molecule has 3 aromatic carbocycles. The SMILES string of the molecule is COc1ccc(Cn2c(CN3CCC[C@@H](C(=O)NCc4cccc(C)c4)C3)nc3ccccc32)cc1. The van der Waals surface area contributed by atoms with E-state index in [0.717, 1.165) is 67.2 Å². The standard InChI is InChI=1S/C30H34N4O2/c1-22-7-5-8-24(17-22)18-31-30(35)25-9-6-16-33(20-25)21-29-32-27-10-3-4-11-28(27)34(29)19-23-12-14-26(36-2)15-13-23/h3-5,7-8,10-15,17,25H,6,9,16,18-21H2,1-2H3,(H,31,35)/t25-/m1/s1. The number of imidazole rings is 1. The van der Waals surface area contributed by atoms with Crippen LogP contribution in [0.25, 0.3) is 11.0 Å². The number of likely N-dealkylation sites (tertiary alicyclic amines) is 1. The Labute approximate surface area is 212 Å². The lowest BCUT2D eigenvalue weighted by Crippen LogP contribution is -2.42. The number of piperidine rings is 1. The number of nitrogens with zero attached hydrogens (tertiary/aromatic N) is 3. The maximum Gasteiger partial charge on any atom is 0.224 e. The van der Waals surface area contributed by atoms with Crippen LogP contribution in [0.4, 0.5) is 0 Å². The number of methoxy groups -OCH3 is 1. The van der Waals surface area contributed by atoms with E-state index in [1.807, 2.05) is 24.3 Å². The van der Waals surface area contributed by atoms with Crippen LogP contribution in [0.5, 0.6) is 5.75 Å². The summed E-state index contributed by atoms with van der Waals surface area (Å²) >= 11 is 0. The van der Waals surface area contributed by atoms with Gasteiger partial charge in [0.25, 0.3) is 0 Å². The van der Waals surface area contributed by atoms with Crippen molar-refractivity contribution in [2.75, 3.05) is 20.2 Å². The summed E-state index contributed by atoms with van der Waals surface area (Å²) in [5.41, 5.74) is 5.69. The molecule has 0 unspecified atom stereocenters. The van der Waals surface area contributed by atoms with Gasteiger partial charge in [-0.1, -0.05) is 54.1 Å². The fourth-order valence-corrected chi connectivity index (χ4v) is 5.10. The molecule has 1 aliphatic rings. The third-order valence-corrected chi connectivity index (χ3v) is 7.02. The van der Waals surface area contributed by atoms with E-state index in [2.05, 4.69) is 70.2 Å². The zero-order valence-electron chi connectivity index (χ0n) is 21.1. The zero-order valence-corrected chi connectivity index (χ0v) is 21.1. The predicted octanol–water partition coefficient (Wildman–Crippen LogP) is 4.93. The highest BCUT2D eigenvalue weighted by molar-refractivity contribution is 5.79. The van der Waals surface area contributed by atoms with Crippen molar-refractivity contribution in [1.82, 2.24) is 19.8 Å². The van der Waals surface area contributed by atoms with Gasteiger partial charge in [-0.3, -0.25) is 9.69 Å². The average Bonchev–Trinajstić information content (AvgIpc) is 3.24. The number of rotatable bonds is 8. The summed E-state index contributed by atoms with van der Waals surface area (Å²) in [5, 5.41) is 3.16. The largest absolute Gasteiger partial charge is 0.497 e. The molecule has 1 amide bonds. The number of aryl methyl sites for hydroxylation is 1. The molecule has 0 saturated carbocycles. The summed E-state index contributed by atoms with van der Waals surface area (Å²) in [5.74, 6) is 2.04. The first kappa shape index (κ1) is 24.1. The highest BCUT2D eigenvalue weighted by Gasteiger charge is 2.27. The van der Waals surface area contributed by atoms with Crippen molar-refractivity contribution in [3.05, 3.63) is 95.3 Å². The molecular formula is C30H34N4O2. The number of hydrogen-bond acceptors (Lipinski definition) is 4. The van der Waals surface area contributed by atoms with Crippen molar-refractivity contribution in [2.24, 2.45) is 5.92 Å². The number of benzene rings is 3. The van der Waals surface area contributed by atoms with Gasteiger partial charge >= 0.3 is 0 Å². The summed E-state index contributed by atoms with van der Waals surface area (Å²) in [4.78, 5) is 20.4. The Morgan fingerprint density at radius 1 is 1.03 bits per heavy atom. The lowest BCUT2D eigenvalue weighted by molar-refractivity contribution is -0.127. The molecular weight excluding hydrogens is 448 g/mol. The summed E-state index contributed by atoms with van der Waals surface area (Å²) in [6, 6.07) is 24.8. The van der Waals surface area contributed by atoms with Gasteiger partial charge in [0.05, 0.1) is 30.6 Å². The van der Waals surface area contributed by atoms with Gasteiger partial charge in [0.1, 0.15) is 11.6 Å². The van der Waals surface area contributed by atoms with E-state index >= 15 is 0 Å². The number of nitrogens with one attached hydrogen (secondary N) is 1. The first-order chi connectivity index (χ1) is 17.6. The minimum atomic E-state index is 0.00276. The van der Waals surface area contributed by atoms with E-state index in [4.69, 9.17) is 9.72 Å². The number of ether oxygens (including phenoxy) is 1. The van der Waals surface area contributed by atoms with Gasteiger partial charge < -0.3 is 14.6 Å². The monoisotopic (exact) mass is 482 g/mol. The summed E-state index contributed by atoms with van der Waals surface area (Å²) < 4.78 is 7.62. The molecule has 0 bridgehead atoms. The van der Waals surface area contributed by atoms with Gasteiger partial charge in [0, 0.05) is 19.6 Å². The first-order valence-electron chi connectivity index (χ1n) is 12.7. The normalized spacial score (nSPS) is 16.2. The molecule has 0 radical (unpaired) electrons. The second-order valence-corrected chi connectivity index (χ2v) is 9.73. The highest BCUT2D eigenvalue weighted by Crippen LogP contribution is 2.23. The smallest absolute Gasteiger partial charge is 0.224 e. The second-order valence-electron chi connectivity index (χ2n) is 9.73. The van der Waals surface area contributed by atoms with Crippen LogP contribution < -0.4 is 10.1 Å². The van der Waals surface area contributed by atoms with Crippen LogP contribution in [0.3, 0.4) is 0 Å². The first-order valence-corrected chi connectivity index (χ1v) is 12.7. The molecule has 5 rings (SSSR count). The minimum Gasteiger partial charge on any atom is -0.497 e. The zero-order chi connectivity index (χ0) is 24.9. The van der Waals surface area contributed by atoms with Crippen molar-refractivity contribution in [3.63, 3.8) is 0 Å². The predicted molar refractivity (Wildman–Crippen MR) is 143 cm³/mol. The Hall–Kier alpha value is -3.64. The molecule has 1 saturated heterocycles. The molecule has 186 valence electrons. The lowest BCUT2D eigenvalue weighted by Gasteiger charge is -2.31. The van der Waals surface area contributed by atoms with Crippen LogP contribution in [0.15, 0.2) is 72.8 Å². The van der Waals surface area contributed by atoms with E-state index < -0.39 is 0 Å². The average molecular weight is 483 g/mol. The van der Waals surface area contributed by atoms with Gasteiger partial charge in [-0.25, -0.2) is 4.98 Å². The van der Waals surface area contributed by atoms with Crippen LogP contribution in [0.1, 0.15) is 35.4 Å². The van der Waals surface area contributed by atoms with Gasteiger partial charge in [-0.15, -0.1) is 0 Å². The fraction of sp³-hybridized carbons (Fsp3) is 0.333. The number of para-hydroxylation sites is 2. The second kappa shape index (κ2) is 11.0. The Balaban J connectivity index is 1.28. The molecule has 36 heavy (non-hydrogen) atoms. The van der Waals surface area contributed by atoms with E-state index in [-0.39, 0.29) is 11.8 Å². The molecule has 1 atom stereocenters. The Kier molecular flexibility index (Phi) is 7.33. The van der Waals surface area contributed by atoms with Gasteiger partial charge in [-0.2, -0.15) is 0 Å². The van der Waals surface area contributed by atoms with Crippen LogP contribution >= 0.6 is 0 Å². The van der Waals surface area contributed by atoms with Crippen molar-refractivity contribution in [1.29, 1.82) is 0 Å². The van der Waals surface area contributed by atoms with Crippen molar-refractivity contribution in [2.45, 2.75) is 39.4 Å². The van der Waals surface area contributed by atoms with Crippen molar-refractivity contribution >= 4 is 16.9 Å². The molecule has 1 aliphatic heterocycles. The number of aromatic nitrogens is 2. The van der Waals surface area contributed by atoms with Crippen LogP contribution in [-0.2, 0) is 24.4 Å². The maximum absolute atomic E-state index is 13.0. The van der Waals surface area contributed by atoms with Crippen LogP contribution in [0, 0.1) is 12.8 Å². The third kappa shape index (κ3) is 5.60. The van der Waals surface area contributed by atoms with Crippen molar-refractivity contribution < 1.29 is 9.53 Å². The summed E-state index contributed by atoms with van der Waals surface area (Å²) in [7, 11) is 1.69. The minimum absolute atomic E-state index is 0.00276. The number of carbonyl (C=O) groups is 1. The fourth-order valence-electron chi connectivity index (χ4n) is 5.10. The molecule has 0 spiro atoms. The topological polar surface area (TPSA) is 59.4 Å². The van der Waals surface area contributed by atoms with Crippen LogP contribution in [-0.4, -0.2) is 40.6 Å². The Bertz CT molecular complexity index is 1330. The quantitative estimate of drug-likeness (QED) is 0.387. The van der Waals surface area contributed by atoms with Crippen LogP contribution in [0.2, 0.25) is 0 Å². The van der Waals surface area contributed by atoms with Crippen molar-refractivity contribution in [3.8, 4) is 5.75 Å². The third-order valence-electron chi connectivity index (χ3n) is 7.02. The van der Waals surface area contributed by atoms with Gasteiger partial charge in [-0.05, 0) is 61.7 Å². The molecule has 6 nitrogen and oxygen atoms in total.